The molecule has 0 amide bonds. The van der Waals surface area contributed by atoms with Gasteiger partial charge in [0.15, 0.2) is 5.82 Å². The van der Waals surface area contributed by atoms with Crippen LogP contribution in [0, 0.1) is 6.92 Å². The maximum atomic E-state index is 9.97. The third-order valence-corrected chi connectivity index (χ3v) is 3.21. The topological polar surface area (TPSA) is 110 Å². The van der Waals surface area contributed by atoms with E-state index < -0.39 is 0 Å². The summed E-state index contributed by atoms with van der Waals surface area (Å²) < 4.78 is 0. The molecule has 0 saturated carbocycles. The molecule has 0 unspecified atom stereocenters. The van der Waals surface area contributed by atoms with E-state index in [9.17, 15) is 5.11 Å². The second-order valence-electron chi connectivity index (χ2n) is 5.07. The summed E-state index contributed by atoms with van der Waals surface area (Å²) in [4.78, 5) is 8.58. The van der Waals surface area contributed by atoms with Gasteiger partial charge in [-0.05, 0) is 25.5 Å². The van der Waals surface area contributed by atoms with Gasteiger partial charge in [0.25, 0.3) is 0 Å². The van der Waals surface area contributed by atoms with Crippen molar-refractivity contribution in [2.24, 2.45) is 5.73 Å². The molecule has 2 rings (SSSR count). The molecule has 2 aromatic rings. The molecule has 0 radical (unpaired) electrons. The Bertz CT molecular complexity index is 629. The first kappa shape index (κ1) is 15.1. The molecule has 6 N–H and O–H groups in total. The van der Waals surface area contributed by atoms with E-state index >= 15 is 0 Å². The summed E-state index contributed by atoms with van der Waals surface area (Å²) in [5.74, 6) is 1.46. The summed E-state index contributed by atoms with van der Waals surface area (Å²) in [6, 6.07) is 6.98. The SMILES string of the molecule is CC[C@@H](N)CNc1cc(N)nc(-c2cc(C)ccc2O)n1. The van der Waals surface area contributed by atoms with Gasteiger partial charge < -0.3 is 21.9 Å². The number of nitrogen functional groups attached to an aromatic ring is 1. The van der Waals surface area contributed by atoms with Gasteiger partial charge in [0.05, 0.1) is 5.56 Å². The minimum atomic E-state index is 0.0528. The van der Waals surface area contributed by atoms with Gasteiger partial charge in [0, 0.05) is 18.7 Å². The van der Waals surface area contributed by atoms with E-state index in [1.807, 2.05) is 26.0 Å². The lowest BCUT2D eigenvalue weighted by Gasteiger charge is -2.12. The van der Waals surface area contributed by atoms with Crippen molar-refractivity contribution in [1.82, 2.24) is 9.97 Å². The number of nitrogens with one attached hydrogen (secondary N) is 1. The first-order chi connectivity index (χ1) is 9.99. The van der Waals surface area contributed by atoms with Gasteiger partial charge in [-0.15, -0.1) is 0 Å². The molecule has 0 aliphatic rings. The molecule has 6 nitrogen and oxygen atoms in total. The Balaban J connectivity index is 2.32. The van der Waals surface area contributed by atoms with Crippen LogP contribution >= 0.6 is 0 Å². The Morgan fingerprint density at radius 2 is 2.05 bits per heavy atom. The number of aromatic nitrogens is 2. The lowest BCUT2D eigenvalue weighted by atomic mass is 10.1. The zero-order valence-electron chi connectivity index (χ0n) is 12.3. The number of nitrogens with zero attached hydrogens (tertiary/aromatic N) is 2. The molecule has 1 aromatic carbocycles. The van der Waals surface area contributed by atoms with E-state index in [1.165, 1.54) is 0 Å². The van der Waals surface area contributed by atoms with Crippen LogP contribution in [-0.4, -0.2) is 27.7 Å². The minimum absolute atomic E-state index is 0.0528. The lowest BCUT2D eigenvalue weighted by molar-refractivity contribution is 0.477. The number of phenolic OH excluding ortho intramolecular Hbond substituents is 1. The molecular weight excluding hydrogens is 266 g/mol. The van der Waals surface area contributed by atoms with E-state index in [0.29, 0.717) is 29.6 Å². The van der Waals surface area contributed by atoms with Crippen molar-refractivity contribution in [3.8, 4) is 17.1 Å². The first-order valence-corrected chi connectivity index (χ1v) is 6.93. The van der Waals surface area contributed by atoms with Gasteiger partial charge in [0.1, 0.15) is 17.4 Å². The predicted octanol–water partition coefficient (Wildman–Crippen LogP) is 1.89. The van der Waals surface area contributed by atoms with E-state index in [-0.39, 0.29) is 11.8 Å². The molecular formula is C15H21N5O. The van der Waals surface area contributed by atoms with Crippen molar-refractivity contribution in [3.05, 3.63) is 29.8 Å². The number of phenols is 1. The van der Waals surface area contributed by atoms with Crippen molar-refractivity contribution in [2.45, 2.75) is 26.3 Å². The van der Waals surface area contributed by atoms with Gasteiger partial charge in [-0.1, -0.05) is 18.6 Å². The Morgan fingerprint density at radius 1 is 1.29 bits per heavy atom. The number of nitrogens with two attached hydrogens (primary N) is 2. The van der Waals surface area contributed by atoms with Gasteiger partial charge in [-0.2, -0.15) is 0 Å². The van der Waals surface area contributed by atoms with Crippen LogP contribution in [0.2, 0.25) is 0 Å². The zero-order valence-corrected chi connectivity index (χ0v) is 12.3. The zero-order chi connectivity index (χ0) is 15.4. The van der Waals surface area contributed by atoms with E-state index in [0.717, 1.165) is 12.0 Å². The second kappa shape index (κ2) is 6.41. The molecule has 0 saturated heterocycles. The Morgan fingerprint density at radius 3 is 2.76 bits per heavy atom. The number of benzene rings is 1. The van der Waals surface area contributed by atoms with E-state index in [4.69, 9.17) is 11.5 Å². The quantitative estimate of drug-likeness (QED) is 0.668. The molecule has 1 aromatic heterocycles. The molecule has 1 atom stereocenters. The van der Waals surface area contributed by atoms with Crippen LogP contribution in [0.25, 0.3) is 11.4 Å². The molecule has 0 aliphatic carbocycles. The van der Waals surface area contributed by atoms with Crippen LogP contribution in [0.5, 0.6) is 5.75 Å². The summed E-state index contributed by atoms with van der Waals surface area (Å²) >= 11 is 0. The van der Waals surface area contributed by atoms with Gasteiger partial charge in [-0.3, -0.25) is 0 Å². The minimum Gasteiger partial charge on any atom is -0.507 e. The van der Waals surface area contributed by atoms with Gasteiger partial charge in [-0.25, -0.2) is 9.97 Å². The van der Waals surface area contributed by atoms with Crippen LogP contribution in [0.3, 0.4) is 0 Å². The van der Waals surface area contributed by atoms with Crippen molar-refractivity contribution in [2.75, 3.05) is 17.6 Å². The third kappa shape index (κ3) is 3.82. The fourth-order valence-electron chi connectivity index (χ4n) is 1.89. The van der Waals surface area contributed by atoms with Gasteiger partial charge >= 0.3 is 0 Å². The number of anilines is 2. The number of aromatic hydroxyl groups is 1. The maximum absolute atomic E-state index is 9.97. The monoisotopic (exact) mass is 287 g/mol. The van der Waals surface area contributed by atoms with Crippen molar-refractivity contribution in [3.63, 3.8) is 0 Å². The molecule has 21 heavy (non-hydrogen) atoms. The normalized spacial score (nSPS) is 12.1. The van der Waals surface area contributed by atoms with Crippen LogP contribution in [0.15, 0.2) is 24.3 Å². The van der Waals surface area contributed by atoms with Crippen LogP contribution in [0.4, 0.5) is 11.6 Å². The average molecular weight is 287 g/mol. The molecule has 1 heterocycles. The Hall–Kier alpha value is -2.34. The number of rotatable bonds is 5. The highest BCUT2D eigenvalue weighted by atomic mass is 16.3. The number of hydrogen-bond acceptors (Lipinski definition) is 6. The highest BCUT2D eigenvalue weighted by molar-refractivity contribution is 5.67. The van der Waals surface area contributed by atoms with Crippen molar-refractivity contribution < 1.29 is 5.11 Å². The molecule has 0 spiro atoms. The molecule has 0 bridgehead atoms. The second-order valence-corrected chi connectivity index (χ2v) is 5.07. The standard InChI is InChI=1S/C15H21N5O/c1-3-10(16)8-18-14-7-13(17)19-15(20-14)11-6-9(2)4-5-12(11)21/h4-7,10,21H,3,8,16H2,1-2H3,(H3,17,18,19,20)/t10-/m1/s1. The highest BCUT2D eigenvalue weighted by Gasteiger charge is 2.10. The molecule has 112 valence electrons. The summed E-state index contributed by atoms with van der Waals surface area (Å²) in [6.45, 7) is 4.57. The average Bonchev–Trinajstić information content (AvgIpc) is 2.46. The summed E-state index contributed by atoms with van der Waals surface area (Å²) in [7, 11) is 0. The summed E-state index contributed by atoms with van der Waals surface area (Å²) in [5, 5.41) is 13.1. The molecule has 6 heteroatoms. The lowest BCUT2D eigenvalue weighted by Crippen LogP contribution is -2.28. The number of hydrogen-bond donors (Lipinski definition) is 4. The summed E-state index contributed by atoms with van der Waals surface area (Å²) in [6.07, 6.45) is 0.874. The molecule has 0 fully saturated rings. The maximum Gasteiger partial charge on any atom is 0.167 e. The highest BCUT2D eigenvalue weighted by Crippen LogP contribution is 2.28. The fraction of sp³-hybridized carbons (Fsp3) is 0.333. The van der Waals surface area contributed by atoms with Crippen LogP contribution in [0.1, 0.15) is 18.9 Å². The van der Waals surface area contributed by atoms with Crippen molar-refractivity contribution >= 4 is 11.6 Å². The molecule has 0 aliphatic heterocycles. The van der Waals surface area contributed by atoms with Gasteiger partial charge in [0.2, 0.25) is 0 Å². The van der Waals surface area contributed by atoms with Crippen molar-refractivity contribution in [1.29, 1.82) is 0 Å². The van der Waals surface area contributed by atoms with Crippen LogP contribution < -0.4 is 16.8 Å². The first-order valence-electron chi connectivity index (χ1n) is 6.93. The fourth-order valence-corrected chi connectivity index (χ4v) is 1.89. The third-order valence-electron chi connectivity index (χ3n) is 3.21. The smallest absolute Gasteiger partial charge is 0.167 e. The van der Waals surface area contributed by atoms with Crippen LogP contribution in [-0.2, 0) is 0 Å². The van der Waals surface area contributed by atoms with E-state index in [2.05, 4.69) is 15.3 Å². The largest absolute Gasteiger partial charge is 0.507 e. The van der Waals surface area contributed by atoms with E-state index in [1.54, 1.807) is 12.1 Å². The predicted molar refractivity (Wildman–Crippen MR) is 85.0 cm³/mol. The Kier molecular flexibility index (Phi) is 4.59. The Labute approximate surface area is 124 Å². The summed E-state index contributed by atoms with van der Waals surface area (Å²) in [5.41, 5.74) is 13.3. The number of aryl methyl sites for hydroxylation is 1.